The molecular weight excluding hydrogens is 222 g/mol. The summed E-state index contributed by atoms with van der Waals surface area (Å²) in [5.74, 6) is -0.00763. The third-order valence-corrected chi connectivity index (χ3v) is 3.08. The first-order valence-corrected chi connectivity index (χ1v) is 6.15. The van der Waals surface area contributed by atoms with Gasteiger partial charge in [0.15, 0.2) is 0 Å². The second-order valence-electron chi connectivity index (χ2n) is 4.38. The third kappa shape index (κ3) is 3.20. The number of hydrogen-bond acceptors (Lipinski definition) is 1. The van der Waals surface area contributed by atoms with Gasteiger partial charge in [-0.2, -0.15) is 0 Å². The van der Waals surface area contributed by atoms with E-state index in [0.717, 1.165) is 6.42 Å². The zero-order valence-corrected chi connectivity index (χ0v) is 10.3. The molecule has 2 nitrogen and oxygen atoms in total. The molecule has 0 heterocycles. The molecule has 2 rings (SSSR count). The van der Waals surface area contributed by atoms with Gasteiger partial charge in [-0.25, -0.2) is 0 Å². The van der Waals surface area contributed by atoms with Crippen molar-refractivity contribution in [2.75, 3.05) is 0 Å². The average Bonchev–Trinajstić information content (AvgIpc) is 2.41. The second-order valence-corrected chi connectivity index (χ2v) is 4.38. The molecule has 2 aromatic rings. The maximum absolute atomic E-state index is 11.0. The summed E-state index contributed by atoms with van der Waals surface area (Å²) >= 11 is 0. The Hall–Kier alpha value is -2.09. The van der Waals surface area contributed by atoms with Crippen molar-refractivity contribution in [2.24, 2.45) is 5.73 Å². The number of nitrogens with two attached hydrogens (primary N) is 1. The predicted octanol–water partition coefficient (Wildman–Crippen LogP) is 3.08. The highest BCUT2D eigenvalue weighted by Crippen LogP contribution is 2.28. The van der Waals surface area contributed by atoms with Gasteiger partial charge in [-0.1, -0.05) is 60.7 Å². The Labute approximate surface area is 107 Å². The number of rotatable bonds is 5. The molecule has 2 heteroatoms. The lowest BCUT2D eigenvalue weighted by atomic mass is 9.87. The molecule has 0 fully saturated rings. The molecule has 0 aliphatic carbocycles. The molecule has 2 aromatic carbocycles. The Balaban J connectivity index is 2.26. The van der Waals surface area contributed by atoms with Gasteiger partial charge in [-0.15, -0.1) is 0 Å². The summed E-state index contributed by atoms with van der Waals surface area (Å²) in [5, 5.41) is 0. The third-order valence-electron chi connectivity index (χ3n) is 3.08. The van der Waals surface area contributed by atoms with E-state index in [1.54, 1.807) is 0 Å². The SMILES string of the molecule is NC(=O)CCC(c1ccccc1)c1ccccc1. The minimum atomic E-state index is -0.244. The summed E-state index contributed by atoms with van der Waals surface area (Å²) in [6.45, 7) is 0. The molecule has 0 aromatic heterocycles. The average molecular weight is 239 g/mol. The normalized spacial score (nSPS) is 10.5. The van der Waals surface area contributed by atoms with Crippen LogP contribution in [0.1, 0.15) is 29.9 Å². The van der Waals surface area contributed by atoms with Gasteiger partial charge in [0.05, 0.1) is 0 Å². The highest BCUT2D eigenvalue weighted by atomic mass is 16.1. The number of carbonyl (C=O) groups excluding carboxylic acids is 1. The molecule has 0 saturated carbocycles. The van der Waals surface area contributed by atoms with E-state index >= 15 is 0 Å². The lowest BCUT2D eigenvalue weighted by Gasteiger charge is -2.17. The van der Waals surface area contributed by atoms with Crippen LogP contribution >= 0.6 is 0 Å². The van der Waals surface area contributed by atoms with Crippen LogP contribution in [0.25, 0.3) is 0 Å². The van der Waals surface area contributed by atoms with Crippen LogP contribution in [-0.2, 0) is 4.79 Å². The van der Waals surface area contributed by atoms with Crippen molar-refractivity contribution in [2.45, 2.75) is 18.8 Å². The van der Waals surface area contributed by atoms with Crippen LogP contribution in [0.4, 0.5) is 0 Å². The lowest BCUT2D eigenvalue weighted by molar-refractivity contribution is -0.118. The van der Waals surface area contributed by atoms with Gasteiger partial charge in [0.2, 0.25) is 5.91 Å². The van der Waals surface area contributed by atoms with E-state index in [-0.39, 0.29) is 11.8 Å². The van der Waals surface area contributed by atoms with Crippen molar-refractivity contribution in [3.8, 4) is 0 Å². The van der Waals surface area contributed by atoms with Crippen LogP contribution in [-0.4, -0.2) is 5.91 Å². The molecule has 0 aliphatic rings. The van der Waals surface area contributed by atoms with Crippen LogP contribution in [0.5, 0.6) is 0 Å². The van der Waals surface area contributed by atoms with E-state index in [1.165, 1.54) is 11.1 Å². The van der Waals surface area contributed by atoms with Gasteiger partial charge in [0.25, 0.3) is 0 Å². The van der Waals surface area contributed by atoms with Gasteiger partial charge in [-0.3, -0.25) is 4.79 Å². The zero-order chi connectivity index (χ0) is 12.8. The summed E-state index contributed by atoms with van der Waals surface area (Å²) < 4.78 is 0. The Kier molecular flexibility index (Phi) is 4.13. The standard InChI is InChI=1S/C16H17NO/c17-16(18)12-11-15(13-7-3-1-4-8-13)14-9-5-2-6-10-14/h1-10,15H,11-12H2,(H2,17,18). The van der Waals surface area contributed by atoms with Gasteiger partial charge >= 0.3 is 0 Å². The first kappa shape index (κ1) is 12.4. The Morgan fingerprint density at radius 2 is 1.33 bits per heavy atom. The smallest absolute Gasteiger partial charge is 0.217 e. The first-order chi connectivity index (χ1) is 8.77. The van der Waals surface area contributed by atoms with E-state index in [9.17, 15) is 4.79 Å². The summed E-state index contributed by atoms with van der Waals surface area (Å²) in [5.41, 5.74) is 7.71. The van der Waals surface area contributed by atoms with Gasteiger partial charge in [0.1, 0.15) is 0 Å². The van der Waals surface area contributed by atoms with Crippen LogP contribution < -0.4 is 5.73 Å². The van der Waals surface area contributed by atoms with Crippen molar-refractivity contribution in [3.05, 3.63) is 71.8 Å². The molecule has 0 radical (unpaired) electrons. The van der Waals surface area contributed by atoms with Crippen molar-refractivity contribution >= 4 is 5.91 Å². The molecular formula is C16H17NO. The molecule has 0 unspecified atom stereocenters. The largest absolute Gasteiger partial charge is 0.370 e. The molecule has 92 valence electrons. The van der Waals surface area contributed by atoms with E-state index in [0.29, 0.717) is 6.42 Å². The minimum absolute atomic E-state index is 0.236. The van der Waals surface area contributed by atoms with E-state index < -0.39 is 0 Å². The van der Waals surface area contributed by atoms with Crippen molar-refractivity contribution in [3.63, 3.8) is 0 Å². The van der Waals surface area contributed by atoms with Crippen LogP contribution in [0.15, 0.2) is 60.7 Å². The monoisotopic (exact) mass is 239 g/mol. The van der Waals surface area contributed by atoms with Gasteiger partial charge in [-0.05, 0) is 17.5 Å². The van der Waals surface area contributed by atoms with E-state index in [4.69, 9.17) is 5.73 Å². The summed E-state index contributed by atoms with van der Waals surface area (Å²) in [7, 11) is 0. The molecule has 18 heavy (non-hydrogen) atoms. The topological polar surface area (TPSA) is 43.1 Å². The molecule has 2 N–H and O–H groups in total. The molecule has 1 amide bonds. The van der Waals surface area contributed by atoms with Crippen LogP contribution in [0.2, 0.25) is 0 Å². The van der Waals surface area contributed by atoms with E-state index in [2.05, 4.69) is 24.3 Å². The van der Waals surface area contributed by atoms with Crippen molar-refractivity contribution < 1.29 is 4.79 Å². The number of primary amides is 1. The molecule has 0 aliphatic heterocycles. The van der Waals surface area contributed by atoms with E-state index in [1.807, 2.05) is 36.4 Å². The molecule has 0 spiro atoms. The summed E-state index contributed by atoms with van der Waals surface area (Å²) in [6.07, 6.45) is 1.16. The zero-order valence-electron chi connectivity index (χ0n) is 10.3. The van der Waals surface area contributed by atoms with Crippen molar-refractivity contribution in [1.82, 2.24) is 0 Å². The number of amides is 1. The van der Waals surface area contributed by atoms with Crippen LogP contribution in [0.3, 0.4) is 0 Å². The van der Waals surface area contributed by atoms with Crippen molar-refractivity contribution in [1.29, 1.82) is 0 Å². The fraction of sp³-hybridized carbons (Fsp3) is 0.188. The molecule has 0 saturated heterocycles. The summed E-state index contributed by atoms with van der Waals surface area (Å²) in [6, 6.07) is 20.5. The van der Waals surface area contributed by atoms with Gasteiger partial charge < -0.3 is 5.73 Å². The van der Waals surface area contributed by atoms with Gasteiger partial charge in [0, 0.05) is 12.3 Å². The van der Waals surface area contributed by atoms with Crippen LogP contribution in [0, 0.1) is 0 Å². The molecule has 0 bridgehead atoms. The second kappa shape index (κ2) is 6.01. The maximum Gasteiger partial charge on any atom is 0.217 e. The quantitative estimate of drug-likeness (QED) is 0.856. The minimum Gasteiger partial charge on any atom is -0.370 e. The fourth-order valence-corrected chi connectivity index (χ4v) is 2.18. The number of benzene rings is 2. The Morgan fingerprint density at radius 3 is 1.72 bits per heavy atom. The summed E-state index contributed by atoms with van der Waals surface area (Å²) in [4.78, 5) is 11.0. The highest BCUT2D eigenvalue weighted by Gasteiger charge is 2.14. The lowest BCUT2D eigenvalue weighted by Crippen LogP contribution is -2.12. The number of carbonyl (C=O) groups is 1. The molecule has 0 atom stereocenters. The maximum atomic E-state index is 11.0. The fourth-order valence-electron chi connectivity index (χ4n) is 2.18. The number of hydrogen-bond donors (Lipinski definition) is 1. The first-order valence-electron chi connectivity index (χ1n) is 6.15. The Bertz CT molecular complexity index is 454. The highest BCUT2D eigenvalue weighted by molar-refractivity contribution is 5.73. The Morgan fingerprint density at radius 1 is 0.889 bits per heavy atom. The predicted molar refractivity (Wildman–Crippen MR) is 73.2 cm³/mol.